The number of anilines is 2. The number of carbonyl (C=O) groups is 1. The zero-order chi connectivity index (χ0) is 19.5. The van der Waals surface area contributed by atoms with Gasteiger partial charge in [0.15, 0.2) is 0 Å². The van der Waals surface area contributed by atoms with Crippen molar-refractivity contribution in [3.63, 3.8) is 0 Å². The summed E-state index contributed by atoms with van der Waals surface area (Å²) in [5.74, 6) is 0.806. The molecule has 28 heavy (non-hydrogen) atoms. The third-order valence-corrected chi connectivity index (χ3v) is 5.99. The molecule has 1 aliphatic heterocycles. The number of carbonyl (C=O) groups excluding carboxylic acids is 1. The van der Waals surface area contributed by atoms with E-state index in [1.807, 2.05) is 60.7 Å². The van der Waals surface area contributed by atoms with E-state index < -0.39 is 0 Å². The molecule has 1 heterocycles. The zero-order valence-electron chi connectivity index (χ0n) is 15.9. The fraction of sp³-hybridized carbons (Fsp3) is 0.174. The SMILES string of the molecule is CC[C@@H](NC(=O)N1c2ccccc2Sc2ccccc21)c1ccc(OC)cc1. The molecule has 0 bridgehead atoms. The summed E-state index contributed by atoms with van der Waals surface area (Å²) in [5.41, 5.74) is 2.88. The van der Waals surface area contributed by atoms with E-state index in [2.05, 4.69) is 24.4 Å². The molecule has 5 heteroatoms. The van der Waals surface area contributed by atoms with Gasteiger partial charge in [0.2, 0.25) is 0 Å². The minimum atomic E-state index is -0.122. The van der Waals surface area contributed by atoms with E-state index >= 15 is 0 Å². The summed E-state index contributed by atoms with van der Waals surface area (Å²) in [5, 5.41) is 3.21. The van der Waals surface area contributed by atoms with Gasteiger partial charge < -0.3 is 10.1 Å². The number of amides is 2. The van der Waals surface area contributed by atoms with Gasteiger partial charge in [-0.2, -0.15) is 0 Å². The Hall–Kier alpha value is -2.92. The van der Waals surface area contributed by atoms with E-state index in [0.717, 1.165) is 38.9 Å². The Morgan fingerprint density at radius 1 is 0.964 bits per heavy atom. The number of rotatable bonds is 4. The first-order chi connectivity index (χ1) is 13.7. The maximum Gasteiger partial charge on any atom is 0.327 e. The highest BCUT2D eigenvalue weighted by molar-refractivity contribution is 7.99. The second kappa shape index (κ2) is 7.98. The number of hydrogen-bond acceptors (Lipinski definition) is 3. The summed E-state index contributed by atoms with van der Waals surface area (Å²) in [6.45, 7) is 2.07. The van der Waals surface area contributed by atoms with E-state index in [0.29, 0.717) is 0 Å². The molecule has 4 rings (SSSR count). The fourth-order valence-corrected chi connectivity index (χ4v) is 4.45. The summed E-state index contributed by atoms with van der Waals surface area (Å²) < 4.78 is 5.24. The van der Waals surface area contributed by atoms with Crippen molar-refractivity contribution in [1.29, 1.82) is 0 Å². The Morgan fingerprint density at radius 3 is 2.07 bits per heavy atom. The van der Waals surface area contributed by atoms with E-state index in [1.165, 1.54) is 0 Å². The number of urea groups is 1. The molecule has 0 spiro atoms. The van der Waals surface area contributed by atoms with Crippen molar-refractivity contribution in [1.82, 2.24) is 5.32 Å². The van der Waals surface area contributed by atoms with Gasteiger partial charge in [-0.15, -0.1) is 0 Å². The van der Waals surface area contributed by atoms with E-state index in [9.17, 15) is 4.79 Å². The van der Waals surface area contributed by atoms with Crippen molar-refractivity contribution in [2.75, 3.05) is 12.0 Å². The number of hydrogen-bond donors (Lipinski definition) is 1. The summed E-state index contributed by atoms with van der Waals surface area (Å²) in [6, 6.07) is 23.7. The van der Waals surface area contributed by atoms with Crippen LogP contribution in [0.2, 0.25) is 0 Å². The van der Waals surface area contributed by atoms with Crippen LogP contribution in [0.4, 0.5) is 16.2 Å². The summed E-state index contributed by atoms with van der Waals surface area (Å²) >= 11 is 1.69. The van der Waals surface area contributed by atoms with Gasteiger partial charge in [0.25, 0.3) is 0 Å². The largest absolute Gasteiger partial charge is 0.497 e. The van der Waals surface area contributed by atoms with Crippen LogP contribution in [-0.2, 0) is 0 Å². The highest BCUT2D eigenvalue weighted by atomic mass is 32.2. The molecule has 0 saturated heterocycles. The predicted molar refractivity (Wildman–Crippen MR) is 114 cm³/mol. The highest BCUT2D eigenvalue weighted by Crippen LogP contribution is 2.47. The molecule has 0 aromatic heterocycles. The quantitative estimate of drug-likeness (QED) is 0.580. The minimum Gasteiger partial charge on any atom is -0.497 e. The standard InChI is InChI=1S/C23H22N2O2S/c1-3-18(16-12-14-17(27-2)15-13-16)24-23(26)25-19-8-4-6-10-21(19)28-22-11-7-5-9-20(22)25/h4-15,18H,3H2,1-2H3,(H,24,26)/t18-/m1/s1. The van der Waals surface area contributed by atoms with Gasteiger partial charge in [-0.25, -0.2) is 4.79 Å². The molecule has 0 fully saturated rings. The topological polar surface area (TPSA) is 41.6 Å². The van der Waals surface area contributed by atoms with Crippen molar-refractivity contribution in [3.05, 3.63) is 78.4 Å². The average Bonchev–Trinajstić information content (AvgIpc) is 2.75. The van der Waals surface area contributed by atoms with Crippen LogP contribution in [0.1, 0.15) is 24.9 Å². The Morgan fingerprint density at radius 2 is 1.54 bits per heavy atom. The summed E-state index contributed by atoms with van der Waals surface area (Å²) in [6.07, 6.45) is 0.796. The molecular weight excluding hydrogens is 368 g/mol. The van der Waals surface area contributed by atoms with E-state index in [4.69, 9.17) is 4.74 Å². The highest BCUT2D eigenvalue weighted by Gasteiger charge is 2.29. The number of benzene rings is 3. The minimum absolute atomic E-state index is 0.0766. The van der Waals surface area contributed by atoms with Crippen LogP contribution in [-0.4, -0.2) is 13.1 Å². The number of nitrogens with zero attached hydrogens (tertiary/aromatic N) is 1. The molecule has 3 aromatic rings. The van der Waals surface area contributed by atoms with Gasteiger partial charge in [0, 0.05) is 9.79 Å². The first-order valence-corrected chi connectivity index (χ1v) is 10.1. The lowest BCUT2D eigenvalue weighted by Gasteiger charge is -2.32. The Balaban J connectivity index is 1.65. The Labute approximate surface area is 169 Å². The van der Waals surface area contributed by atoms with Gasteiger partial charge in [0.05, 0.1) is 24.5 Å². The number of methoxy groups -OCH3 is 1. The molecule has 0 radical (unpaired) electrons. The zero-order valence-corrected chi connectivity index (χ0v) is 16.7. The lowest BCUT2D eigenvalue weighted by Crippen LogP contribution is -2.40. The van der Waals surface area contributed by atoms with Crippen molar-refractivity contribution < 1.29 is 9.53 Å². The van der Waals surface area contributed by atoms with E-state index in [-0.39, 0.29) is 12.1 Å². The average molecular weight is 391 g/mol. The van der Waals surface area contributed by atoms with Crippen LogP contribution >= 0.6 is 11.8 Å². The van der Waals surface area contributed by atoms with Crippen LogP contribution in [0.15, 0.2) is 82.6 Å². The molecule has 3 aromatic carbocycles. The van der Waals surface area contributed by atoms with Crippen LogP contribution in [0, 0.1) is 0 Å². The van der Waals surface area contributed by atoms with Gasteiger partial charge in [-0.3, -0.25) is 4.90 Å². The van der Waals surface area contributed by atoms with E-state index in [1.54, 1.807) is 23.8 Å². The molecule has 0 aliphatic carbocycles. The number of para-hydroxylation sites is 2. The lowest BCUT2D eigenvalue weighted by atomic mass is 10.0. The molecule has 2 amide bonds. The second-order valence-corrected chi connectivity index (χ2v) is 7.64. The number of fused-ring (bicyclic) bond motifs is 2. The van der Waals surface area contributed by atoms with Gasteiger partial charge in [-0.1, -0.05) is 55.1 Å². The van der Waals surface area contributed by atoms with Crippen molar-refractivity contribution in [2.24, 2.45) is 0 Å². The van der Waals surface area contributed by atoms with Gasteiger partial charge >= 0.3 is 6.03 Å². The normalized spacial score (nSPS) is 13.3. The molecule has 1 aliphatic rings. The third kappa shape index (κ3) is 3.45. The summed E-state index contributed by atoms with van der Waals surface area (Å²) in [4.78, 5) is 17.3. The maximum absolute atomic E-state index is 13.4. The first-order valence-electron chi connectivity index (χ1n) is 9.31. The first kappa shape index (κ1) is 18.4. The lowest BCUT2D eigenvalue weighted by molar-refractivity contribution is 0.244. The van der Waals surface area contributed by atoms with Crippen molar-refractivity contribution in [3.8, 4) is 5.75 Å². The van der Waals surface area contributed by atoms with Gasteiger partial charge in [0.1, 0.15) is 5.75 Å². The van der Waals surface area contributed by atoms with Gasteiger partial charge in [-0.05, 0) is 48.4 Å². The van der Waals surface area contributed by atoms with Crippen molar-refractivity contribution in [2.45, 2.75) is 29.2 Å². The summed E-state index contributed by atoms with van der Waals surface area (Å²) in [7, 11) is 1.65. The molecule has 1 atom stereocenters. The maximum atomic E-state index is 13.4. The predicted octanol–water partition coefficient (Wildman–Crippen LogP) is 6.16. The number of nitrogens with one attached hydrogen (secondary N) is 1. The molecular formula is C23H22N2O2S. The monoisotopic (exact) mass is 390 g/mol. The molecule has 142 valence electrons. The third-order valence-electron chi connectivity index (χ3n) is 4.86. The fourth-order valence-electron chi connectivity index (χ4n) is 3.39. The Bertz CT molecular complexity index is 942. The smallest absolute Gasteiger partial charge is 0.327 e. The molecule has 0 saturated carbocycles. The van der Waals surface area contributed by atoms with Crippen LogP contribution < -0.4 is 15.0 Å². The van der Waals surface area contributed by atoms with Crippen LogP contribution in [0.5, 0.6) is 5.75 Å². The van der Waals surface area contributed by atoms with Crippen LogP contribution in [0.3, 0.4) is 0 Å². The second-order valence-electron chi connectivity index (χ2n) is 6.56. The molecule has 1 N–H and O–H groups in total. The molecule has 0 unspecified atom stereocenters. The van der Waals surface area contributed by atoms with Crippen LogP contribution in [0.25, 0.3) is 0 Å². The molecule has 4 nitrogen and oxygen atoms in total. The Kier molecular flexibility index (Phi) is 5.26. The number of ether oxygens (including phenoxy) is 1. The van der Waals surface area contributed by atoms with Crippen molar-refractivity contribution >= 4 is 29.2 Å².